The molecule has 1 atom stereocenters. The molecule has 1 unspecified atom stereocenters. The third-order valence-electron chi connectivity index (χ3n) is 4.93. The molecular formula is C18H16F15NO. The molecule has 1 aromatic carbocycles. The number of hydrogen-bond donors (Lipinski definition) is 1. The van der Waals surface area contributed by atoms with Crippen molar-refractivity contribution in [1.82, 2.24) is 0 Å². The maximum atomic E-state index is 14.3. The van der Waals surface area contributed by atoms with Gasteiger partial charge in [-0.3, -0.25) is 0 Å². The van der Waals surface area contributed by atoms with E-state index in [9.17, 15) is 71.0 Å². The van der Waals surface area contributed by atoms with Crippen molar-refractivity contribution in [2.24, 2.45) is 0 Å². The summed E-state index contributed by atoms with van der Waals surface area (Å²) in [6.07, 6.45) is -10.5. The van der Waals surface area contributed by atoms with Crippen LogP contribution in [0.3, 0.4) is 0 Å². The molecule has 0 heterocycles. The molecule has 0 fully saturated rings. The van der Waals surface area contributed by atoms with E-state index in [1.165, 1.54) is 20.2 Å². The second kappa shape index (κ2) is 8.50. The number of alkyl halides is 15. The first-order chi connectivity index (χ1) is 15.1. The lowest BCUT2D eigenvalue weighted by atomic mass is 9.83. The minimum absolute atomic E-state index is 0.176. The average molecular weight is 547 g/mol. The van der Waals surface area contributed by atoms with Gasteiger partial charge >= 0.3 is 41.7 Å². The van der Waals surface area contributed by atoms with Gasteiger partial charge in [-0.15, -0.1) is 0 Å². The number of hydrogen-bond acceptors (Lipinski definition) is 2. The van der Waals surface area contributed by atoms with Crippen LogP contribution in [-0.4, -0.2) is 60.9 Å². The molecule has 0 saturated heterocycles. The van der Waals surface area contributed by atoms with Gasteiger partial charge in [-0.1, -0.05) is 18.2 Å². The molecule has 0 bridgehead atoms. The van der Waals surface area contributed by atoms with Gasteiger partial charge in [0.2, 0.25) is 0 Å². The van der Waals surface area contributed by atoms with Crippen molar-refractivity contribution in [3.8, 4) is 0 Å². The van der Waals surface area contributed by atoms with Crippen molar-refractivity contribution < 1.29 is 71.0 Å². The lowest BCUT2D eigenvalue weighted by Crippen LogP contribution is -2.72. The van der Waals surface area contributed by atoms with Crippen LogP contribution >= 0.6 is 0 Å². The molecule has 17 heteroatoms. The van der Waals surface area contributed by atoms with Crippen LogP contribution in [0.2, 0.25) is 0 Å². The second-order valence-electron chi connectivity index (χ2n) is 7.94. The maximum absolute atomic E-state index is 14.3. The molecule has 35 heavy (non-hydrogen) atoms. The largest absolute Gasteiger partial charge is 0.460 e. The van der Waals surface area contributed by atoms with E-state index < -0.39 is 59.3 Å². The predicted molar refractivity (Wildman–Crippen MR) is 90.7 cm³/mol. The van der Waals surface area contributed by atoms with Crippen molar-refractivity contribution in [2.75, 3.05) is 19.0 Å². The Labute approximate surface area is 187 Å². The predicted octanol–water partition coefficient (Wildman–Crippen LogP) is 6.72. The Balaban J connectivity index is 3.60. The summed E-state index contributed by atoms with van der Waals surface area (Å²) < 4.78 is 200. The Morgan fingerprint density at radius 1 is 0.629 bits per heavy atom. The molecule has 0 amide bonds. The Morgan fingerprint density at radius 3 is 1.40 bits per heavy atom. The summed E-state index contributed by atoms with van der Waals surface area (Å²) in [4.78, 5) is 1.11. The first-order valence-electron chi connectivity index (χ1n) is 8.96. The molecule has 1 rings (SSSR count). The molecule has 0 aliphatic heterocycles. The van der Waals surface area contributed by atoms with Gasteiger partial charge in [-0.25, -0.2) is 0 Å². The van der Waals surface area contributed by atoms with Gasteiger partial charge in [0.15, 0.2) is 0 Å². The standard InChI is InChI=1S/C18H16F15NO/c1-11(35,9-6-4-5-7-10(9)34(2)3)8-12(19,20)13(21,22)14(23,24)15(25,26)16(27,28)17(29,30)18(31,32)33/h4-7,35H,8H2,1-3H3. The molecule has 0 aromatic heterocycles. The molecule has 1 N–H and O–H groups in total. The van der Waals surface area contributed by atoms with E-state index in [1.54, 1.807) is 0 Å². The number of halogens is 15. The highest BCUT2D eigenvalue weighted by Gasteiger charge is 2.93. The summed E-state index contributed by atoms with van der Waals surface area (Å²) >= 11 is 0. The van der Waals surface area contributed by atoms with E-state index in [4.69, 9.17) is 0 Å². The SMILES string of the molecule is CN(C)c1ccccc1C(C)(O)CC(F)(F)C(F)(F)C(F)(F)C(F)(F)C(F)(F)C(F)(F)C(F)(F)F. The van der Waals surface area contributed by atoms with Crippen LogP contribution in [0, 0.1) is 0 Å². The number of benzene rings is 1. The van der Waals surface area contributed by atoms with Crippen LogP contribution in [0.1, 0.15) is 18.9 Å². The Morgan fingerprint density at radius 2 is 1.00 bits per heavy atom. The fourth-order valence-electron chi connectivity index (χ4n) is 2.96. The highest BCUT2D eigenvalue weighted by molar-refractivity contribution is 5.55. The van der Waals surface area contributed by atoms with Gasteiger partial charge in [0.25, 0.3) is 0 Å². The van der Waals surface area contributed by atoms with E-state index in [0.29, 0.717) is 6.92 Å². The fraction of sp³-hybridized carbons (Fsp3) is 0.667. The Bertz CT molecular complexity index is 905. The minimum atomic E-state index is -8.36. The van der Waals surface area contributed by atoms with Crippen molar-refractivity contribution in [3.63, 3.8) is 0 Å². The first kappa shape index (κ1) is 31.0. The van der Waals surface area contributed by atoms with Crippen LogP contribution in [-0.2, 0) is 5.60 Å². The van der Waals surface area contributed by atoms with Gasteiger partial charge in [-0.2, -0.15) is 65.9 Å². The zero-order valence-electron chi connectivity index (χ0n) is 17.6. The Hall–Kier alpha value is -2.07. The monoisotopic (exact) mass is 547 g/mol. The van der Waals surface area contributed by atoms with E-state index >= 15 is 0 Å². The number of nitrogens with zero attached hydrogens (tertiary/aromatic N) is 1. The summed E-state index contributed by atoms with van der Waals surface area (Å²) in [5.41, 5.74) is -4.10. The molecule has 0 aliphatic carbocycles. The summed E-state index contributed by atoms with van der Waals surface area (Å²) in [6.45, 7) is 0.335. The van der Waals surface area contributed by atoms with Gasteiger partial charge in [0.05, 0.1) is 12.0 Å². The summed E-state index contributed by atoms with van der Waals surface area (Å²) in [6, 6.07) is 4.24. The molecule has 1 aromatic rings. The minimum Gasteiger partial charge on any atom is -0.385 e. The fourth-order valence-corrected chi connectivity index (χ4v) is 2.96. The van der Waals surface area contributed by atoms with Crippen molar-refractivity contribution in [2.45, 2.75) is 60.7 Å². The topological polar surface area (TPSA) is 23.5 Å². The van der Waals surface area contributed by atoms with Crippen molar-refractivity contribution >= 4 is 5.69 Å². The summed E-state index contributed by atoms with van der Waals surface area (Å²) in [5.74, 6) is -47.1. The quantitative estimate of drug-likeness (QED) is 0.347. The van der Waals surface area contributed by atoms with Crippen LogP contribution in [0.4, 0.5) is 71.5 Å². The smallest absolute Gasteiger partial charge is 0.385 e. The van der Waals surface area contributed by atoms with Crippen molar-refractivity contribution in [1.29, 1.82) is 0 Å². The van der Waals surface area contributed by atoms with Gasteiger partial charge in [-0.05, 0) is 13.0 Å². The van der Waals surface area contributed by atoms with E-state index in [0.717, 1.165) is 23.1 Å². The molecule has 0 saturated carbocycles. The third kappa shape index (κ3) is 4.59. The number of para-hydroxylation sites is 1. The van der Waals surface area contributed by atoms with Crippen LogP contribution in [0.15, 0.2) is 24.3 Å². The van der Waals surface area contributed by atoms with Gasteiger partial charge < -0.3 is 10.0 Å². The molecular weight excluding hydrogens is 531 g/mol. The molecule has 0 aliphatic rings. The normalized spacial score (nSPS) is 16.8. The van der Waals surface area contributed by atoms with E-state index in [1.807, 2.05) is 0 Å². The second-order valence-corrected chi connectivity index (χ2v) is 7.94. The summed E-state index contributed by atoms with van der Waals surface area (Å²) in [7, 11) is 2.50. The first-order valence-corrected chi connectivity index (χ1v) is 8.96. The average Bonchev–Trinajstić information content (AvgIpc) is 2.65. The van der Waals surface area contributed by atoms with E-state index in [2.05, 4.69) is 0 Å². The van der Waals surface area contributed by atoms with Gasteiger partial charge in [0, 0.05) is 25.3 Å². The van der Waals surface area contributed by atoms with E-state index in [-0.39, 0.29) is 5.69 Å². The molecule has 2 nitrogen and oxygen atoms in total. The third-order valence-corrected chi connectivity index (χ3v) is 4.93. The number of aliphatic hydroxyl groups is 1. The maximum Gasteiger partial charge on any atom is 0.460 e. The number of anilines is 1. The van der Waals surface area contributed by atoms with Crippen LogP contribution in [0.25, 0.3) is 0 Å². The molecule has 204 valence electrons. The lowest BCUT2D eigenvalue weighted by Gasteiger charge is -2.42. The zero-order chi connectivity index (χ0) is 28.3. The van der Waals surface area contributed by atoms with Crippen LogP contribution in [0.5, 0.6) is 0 Å². The highest BCUT2D eigenvalue weighted by atomic mass is 19.4. The Kier molecular flexibility index (Phi) is 7.52. The van der Waals surface area contributed by atoms with Crippen LogP contribution < -0.4 is 4.90 Å². The zero-order valence-corrected chi connectivity index (χ0v) is 17.6. The number of rotatable bonds is 9. The van der Waals surface area contributed by atoms with Crippen molar-refractivity contribution in [3.05, 3.63) is 29.8 Å². The van der Waals surface area contributed by atoms with Gasteiger partial charge in [0.1, 0.15) is 0 Å². The summed E-state index contributed by atoms with van der Waals surface area (Å²) in [5, 5.41) is 10.3. The highest BCUT2D eigenvalue weighted by Crippen LogP contribution is 2.63. The molecule has 0 spiro atoms. The molecule has 0 radical (unpaired) electrons. The lowest BCUT2D eigenvalue weighted by molar-refractivity contribution is -0.453.